The summed E-state index contributed by atoms with van der Waals surface area (Å²) < 4.78 is -1.59. The van der Waals surface area contributed by atoms with Gasteiger partial charge >= 0.3 is 0 Å². The lowest BCUT2D eigenvalue weighted by molar-refractivity contribution is -0.683. The smallest absolute Gasteiger partial charge is 0.262 e. The highest BCUT2D eigenvalue weighted by Gasteiger charge is 2.37. The maximum Gasteiger partial charge on any atom is 0.262 e. The maximum absolute atomic E-state index is 12.1. The lowest BCUT2D eigenvalue weighted by Gasteiger charge is -2.22. The number of nitrogens with one attached hydrogen (secondary N) is 1. The number of carbonyl (C=O) groups is 1. The number of carbonyl (C=O) groups excluding carboxylic acids is 1. The third-order valence-electron chi connectivity index (χ3n) is 2.46. The molecule has 3 nitrogen and oxygen atoms in total. The van der Waals surface area contributed by atoms with Crippen molar-refractivity contribution < 1.29 is 10.1 Å². The first-order valence-corrected chi connectivity index (χ1v) is 6.86. The molecule has 1 aromatic carbocycles. The van der Waals surface area contributed by atoms with Gasteiger partial charge in [0.05, 0.1) is 6.54 Å². The topological polar surface area (TPSA) is 45.7 Å². The summed E-state index contributed by atoms with van der Waals surface area (Å²) >= 11 is 17.5. The summed E-state index contributed by atoms with van der Waals surface area (Å²) in [6.07, 6.45) is 0.992. The summed E-state index contributed by atoms with van der Waals surface area (Å²) in [5.41, 5.74) is 1.53. The highest BCUT2D eigenvalue weighted by molar-refractivity contribution is 6.68. The van der Waals surface area contributed by atoms with Gasteiger partial charge in [-0.1, -0.05) is 59.1 Å². The SMILES string of the molecule is C=CC[NH2+][C@@H](NC(=O)c1cccc(C)c1)C(Cl)(Cl)Cl. The van der Waals surface area contributed by atoms with Crippen LogP contribution < -0.4 is 10.6 Å². The lowest BCUT2D eigenvalue weighted by Crippen LogP contribution is -2.96. The van der Waals surface area contributed by atoms with Crippen LogP contribution in [0.25, 0.3) is 0 Å². The molecule has 0 bridgehead atoms. The summed E-state index contributed by atoms with van der Waals surface area (Å²) in [7, 11) is 0. The van der Waals surface area contributed by atoms with Crippen molar-refractivity contribution >= 4 is 40.7 Å². The Morgan fingerprint density at radius 2 is 2.21 bits per heavy atom. The zero-order valence-electron chi connectivity index (χ0n) is 10.5. The van der Waals surface area contributed by atoms with Gasteiger partial charge in [-0.2, -0.15) is 0 Å². The average Bonchev–Trinajstić information content (AvgIpc) is 2.32. The van der Waals surface area contributed by atoms with Gasteiger partial charge in [0.2, 0.25) is 6.17 Å². The van der Waals surface area contributed by atoms with Crippen molar-refractivity contribution in [3.63, 3.8) is 0 Å². The molecule has 104 valence electrons. The lowest BCUT2D eigenvalue weighted by atomic mass is 10.1. The number of benzene rings is 1. The van der Waals surface area contributed by atoms with Gasteiger partial charge in [0.15, 0.2) is 0 Å². The largest absolute Gasteiger partial charge is 0.320 e. The summed E-state index contributed by atoms with van der Waals surface area (Å²) in [6, 6.07) is 7.21. The van der Waals surface area contributed by atoms with Crippen molar-refractivity contribution in [1.82, 2.24) is 5.32 Å². The van der Waals surface area contributed by atoms with Gasteiger partial charge in [-0.05, 0) is 25.1 Å². The van der Waals surface area contributed by atoms with Crippen molar-refractivity contribution in [2.45, 2.75) is 16.9 Å². The average molecular weight is 323 g/mol. The van der Waals surface area contributed by atoms with Crippen LogP contribution in [0.4, 0.5) is 0 Å². The Bertz CT molecular complexity index is 457. The Hall–Kier alpha value is -0.740. The zero-order chi connectivity index (χ0) is 14.5. The summed E-state index contributed by atoms with van der Waals surface area (Å²) in [5.74, 6) is -0.277. The number of aryl methyl sites for hydroxylation is 1. The fourth-order valence-electron chi connectivity index (χ4n) is 1.52. The second-order valence-electron chi connectivity index (χ2n) is 4.12. The molecule has 0 aliphatic carbocycles. The highest BCUT2D eigenvalue weighted by atomic mass is 35.6. The van der Waals surface area contributed by atoms with Gasteiger partial charge in [0, 0.05) is 5.56 Å². The van der Waals surface area contributed by atoms with Crippen molar-refractivity contribution in [3.8, 4) is 0 Å². The molecule has 3 N–H and O–H groups in total. The molecule has 6 heteroatoms. The first-order valence-electron chi connectivity index (χ1n) is 5.73. The third-order valence-corrected chi connectivity index (χ3v) is 3.16. The van der Waals surface area contributed by atoms with Gasteiger partial charge in [0.1, 0.15) is 0 Å². The van der Waals surface area contributed by atoms with E-state index >= 15 is 0 Å². The Balaban J connectivity index is 2.78. The predicted molar refractivity (Wildman–Crippen MR) is 79.7 cm³/mol. The van der Waals surface area contributed by atoms with Crippen LogP contribution in [0.1, 0.15) is 15.9 Å². The molecular weight excluding hydrogens is 307 g/mol. The number of alkyl halides is 3. The number of rotatable bonds is 5. The van der Waals surface area contributed by atoms with E-state index < -0.39 is 9.96 Å². The predicted octanol–water partition coefficient (Wildman–Crippen LogP) is 2.17. The van der Waals surface area contributed by atoms with Crippen molar-refractivity contribution in [1.29, 1.82) is 0 Å². The van der Waals surface area contributed by atoms with Crippen LogP contribution in [-0.2, 0) is 0 Å². The van der Waals surface area contributed by atoms with E-state index in [1.54, 1.807) is 23.5 Å². The summed E-state index contributed by atoms with van der Waals surface area (Å²) in [4.78, 5) is 12.1. The normalized spacial score (nSPS) is 12.8. The first kappa shape index (κ1) is 16.3. The van der Waals surface area contributed by atoms with Crippen LogP contribution in [0.5, 0.6) is 0 Å². The summed E-state index contributed by atoms with van der Waals surface area (Å²) in [5, 5.41) is 4.40. The molecule has 0 aromatic heterocycles. The van der Waals surface area contributed by atoms with E-state index in [4.69, 9.17) is 34.8 Å². The number of quaternary nitrogens is 1. The van der Waals surface area contributed by atoms with E-state index in [2.05, 4.69) is 11.9 Å². The van der Waals surface area contributed by atoms with Crippen LogP contribution in [0.15, 0.2) is 36.9 Å². The van der Waals surface area contributed by atoms with Crippen LogP contribution in [-0.4, -0.2) is 22.4 Å². The van der Waals surface area contributed by atoms with Gasteiger partial charge in [-0.25, -0.2) is 0 Å². The second kappa shape index (κ2) is 7.15. The molecule has 1 atom stereocenters. The minimum Gasteiger partial charge on any atom is -0.320 e. The Kier molecular flexibility index (Phi) is 6.14. The van der Waals surface area contributed by atoms with Crippen molar-refractivity contribution in [2.75, 3.05) is 6.54 Å². The molecule has 0 saturated heterocycles. The molecule has 0 fully saturated rings. The zero-order valence-corrected chi connectivity index (χ0v) is 12.8. The summed E-state index contributed by atoms with van der Waals surface area (Å²) in [6.45, 7) is 6.03. The first-order chi connectivity index (χ1) is 8.84. The van der Waals surface area contributed by atoms with Crippen molar-refractivity contribution in [3.05, 3.63) is 48.0 Å². The molecule has 0 heterocycles. The fourth-order valence-corrected chi connectivity index (χ4v) is 1.95. The van der Waals surface area contributed by atoms with Crippen LogP contribution >= 0.6 is 34.8 Å². The molecule has 0 saturated carbocycles. The van der Waals surface area contributed by atoms with E-state index in [1.165, 1.54) is 0 Å². The Morgan fingerprint density at radius 3 is 2.74 bits per heavy atom. The Labute approximate surface area is 127 Å². The van der Waals surface area contributed by atoms with Gasteiger partial charge in [-0.15, -0.1) is 0 Å². The van der Waals surface area contributed by atoms with Gasteiger partial charge in [0.25, 0.3) is 9.70 Å². The molecule has 0 aliphatic heterocycles. The minimum atomic E-state index is -1.59. The van der Waals surface area contributed by atoms with Crippen LogP contribution in [0, 0.1) is 6.92 Å². The van der Waals surface area contributed by atoms with E-state index in [1.807, 2.05) is 19.1 Å². The van der Waals surface area contributed by atoms with E-state index in [-0.39, 0.29) is 5.91 Å². The van der Waals surface area contributed by atoms with Gasteiger partial charge < -0.3 is 5.32 Å². The maximum atomic E-state index is 12.1. The fraction of sp³-hybridized carbons (Fsp3) is 0.308. The standard InChI is InChI=1S/C13H15Cl3N2O/c1-3-7-17-12(13(14,15)16)18-11(19)10-6-4-5-9(2)8-10/h3-6,8,12,17H,1,7H2,2H3,(H,18,19)/p+1/t12-/m0/s1. The van der Waals surface area contributed by atoms with Gasteiger partial charge in [-0.3, -0.25) is 10.1 Å². The Morgan fingerprint density at radius 1 is 1.53 bits per heavy atom. The molecule has 0 radical (unpaired) electrons. The number of halogens is 3. The van der Waals surface area contributed by atoms with Crippen LogP contribution in [0.3, 0.4) is 0 Å². The number of hydrogen-bond acceptors (Lipinski definition) is 1. The highest BCUT2D eigenvalue weighted by Crippen LogP contribution is 2.27. The van der Waals surface area contributed by atoms with E-state index in [9.17, 15) is 4.79 Å². The second-order valence-corrected chi connectivity index (χ2v) is 6.49. The molecule has 1 amide bonds. The quantitative estimate of drug-likeness (QED) is 0.487. The minimum absolute atomic E-state index is 0.277. The number of hydrogen-bond donors (Lipinski definition) is 2. The van der Waals surface area contributed by atoms with E-state index in [0.29, 0.717) is 12.1 Å². The van der Waals surface area contributed by atoms with E-state index in [0.717, 1.165) is 5.56 Å². The molecular formula is C13H16Cl3N2O+. The van der Waals surface area contributed by atoms with Crippen molar-refractivity contribution in [2.24, 2.45) is 0 Å². The molecule has 1 aromatic rings. The number of amides is 1. The third kappa shape index (κ3) is 5.41. The molecule has 0 spiro atoms. The molecule has 19 heavy (non-hydrogen) atoms. The van der Waals surface area contributed by atoms with Crippen LogP contribution in [0.2, 0.25) is 0 Å². The monoisotopic (exact) mass is 321 g/mol. The molecule has 0 unspecified atom stereocenters. The molecule has 0 aliphatic rings. The number of nitrogens with two attached hydrogens (primary N) is 1. The molecule has 1 rings (SSSR count).